The molecule has 0 unspecified atom stereocenters. The molecule has 3 rings (SSSR count). The Morgan fingerprint density at radius 1 is 1.03 bits per heavy atom. The third kappa shape index (κ3) is 4.55. The third-order valence-electron chi connectivity index (χ3n) is 4.53. The molecule has 1 aliphatic heterocycles. The van der Waals surface area contributed by atoms with Crippen LogP contribution in [0.15, 0.2) is 59.8 Å². The molecule has 3 N–H and O–H groups in total. The number of esters is 1. The molecule has 2 aromatic carbocycles. The molecule has 7 nitrogen and oxygen atoms in total. The fourth-order valence-electron chi connectivity index (χ4n) is 3.05. The van der Waals surface area contributed by atoms with Crippen LogP contribution in [0.2, 0.25) is 0 Å². The number of methoxy groups -OCH3 is 2. The topological polar surface area (TPSA) is 88.7 Å². The average Bonchev–Trinajstić information content (AvgIpc) is 2.73. The van der Waals surface area contributed by atoms with E-state index in [0.717, 1.165) is 5.56 Å². The van der Waals surface area contributed by atoms with E-state index in [9.17, 15) is 9.59 Å². The van der Waals surface area contributed by atoms with Crippen molar-refractivity contribution in [3.05, 3.63) is 70.9 Å². The lowest BCUT2D eigenvalue weighted by molar-refractivity contribution is -0.113. The van der Waals surface area contributed by atoms with E-state index < -0.39 is 12.0 Å². The van der Waals surface area contributed by atoms with Gasteiger partial charge in [0.25, 0.3) is 5.91 Å². The van der Waals surface area contributed by atoms with Gasteiger partial charge in [0.05, 0.1) is 31.4 Å². The van der Waals surface area contributed by atoms with Gasteiger partial charge in [0.2, 0.25) is 0 Å². The van der Waals surface area contributed by atoms with Gasteiger partial charge in [-0.1, -0.05) is 12.1 Å². The minimum atomic E-state index is -0.464. The Morgan fingerprint density at radius 3 is 2.28 bits per heavy atom. The van der Waals surface area contributed by atoms with Crippen LogP contribution < -0.4 is 20.7 Å². The largest absolute Gasteiger partial charge is 0.497 e. The van der Waals surface area contributed by atoms with Crippen molar-refractivity contribution < 1.29 is 19.1 Å². The first kappa shape index (κ1) is 20.3. The van der Waals surface area contributed by atoms with E-state index in [4.69, 9.17) is 21.7 Å². The van der Waals surface area contributed by atoms with Crippen molar-refractivity contribution in [1.29, 1.82) is 0 Å². The highest BCUT2D eigenvalue weighted by Crippen LogP contribution is 2.28. The zero-order valence-corrected chi connectivity index (χ0v) is 17.1. The molecule has 0 aromatic heterocycles. The molecule has 0 saturated heterocycles. The maximum absolute atomic E-state index is 13.0. The summed E-state index contributed by atoms with van der Waals surface area (Å²) < 4.78 is 9.87. The SMILES string of the molecule is COC(=O)c1ccc([C@@H]2NC(=S)NC(C)=C2C(=O)Nc2ccc(OC)cc2)cc1. The number of hydrogen-bond donors (Lipinski definition) is 3. The number of amides is 1. The Hall–Kier alpha value is -3.39. The van der Waals surface area contributed by atoms with Crippen molar-refractivity contribution in [3.8, 4) is 5.75 Å². The van der Waals surface area contributed by atoms with Gasteiger partial charge in [-0.25, -0.2) is 4.79 Å². The number of thiocarbonyl (C=S) groups is 1. The number of rotatable bonds is 5. The lowest BCUT2D eigenvalue weighted by Crippen LogP contribution is -2.45. The predicted octanol–water partition coefficient (Wildman–Crippen LogP) is 2.91. The van der Waals surface area contributed by atoms with Gasteiger partial charge < -0.3 is 25.4 Å². The summed E-state index contributed by atoms with van der Waals surface area (Å²) in [7, 11) is 2.91. The van der Waals surface area contributed by atoms with E-state index in [1.807, 2.05) is 0 Å². The summed E-state index contributed by atoms with van der Waals surface area (Å²) in [5.41, 5.74) is 3.02. The Kier molecular flexibility index (Phi) is 6.13. The normalized spacial score (nSPS) is 15.8. The highest BCUT2D eigenvalue weighted by molar-refractivity contribution is 7.80. The molecule has 1 amide bonds. The minimum absolute atomic E-state index is 0.266. The van der Waals surface area contributed by atoms with Crippen molar-refractivity contribution in [1.82, 2.24) is 10.6 Å². The molecule has 1 aliphatic rings. The second-order valence-electron chi connectivity index (χ2n) is 6.37. The van der Waals surface area contributed by atoms with E-state index in [0.29, 0.717) is 33.4 Å². The summed E-state index contributed by atoms with van der Waals surface area (Å²) in [6, 6.07) is 13.5. The highest BCUT2D eigenvalue weighted by atomic mass is 32.1. The second kappa shape index (κ2) is 8.74. The number of hydrogen-bond acceptors (Lipinski definition) is 5. The van der Waals surface area contributed by atoms with Gasteiger partial charge in [0.1, 0.15) is 5.75 Å². The van der Waals surface area contributed by atoms with Crippen molar-refractivity contribution in [3.63, 3.8) is 0 Å². The van der Waals surface area contributed by atoms with Crippen molar-refractivity contribution in [2.75, 3.05) is 19.5 Å². The fourth-order valence-corrected chi connectivity index (χ4v) is 3.32. The maximum atomic E-state index is 13.0. The van der Waals surface area contributed by atoms with Gasteiger partial charge in [-0.3, -0.25) is 4.79 Å². The Morgan fingerprint density at radius 2 is 1.69 bits per heavy atom. The first-order valence-corrected chi connectivity index (χ1v) is 9.25. The summed E-state index contributed by atoms with van der Waals surface area (Å²) in [5, 5.41) is 9.44. The number of carbonyl (C=O) groups excluding carboxylic acids is 2. The third-order valence-corrected chi connectivity index (χ3v) is 4.75. The summed E-state index contributed by atoms with van der Waals surface area (Å²) in [4.78, 5) is 24.7. The van der Waals surface area contributed by atoms with Crippen LogP contribution in [-0.4, -0.2) is 31.2 Å². The van der Waals surface area contributed by atoms with Crippen molar-refractivity contribution in [2.24, 2.45) is 0 Å². The Bertz CT molecular complexity index is 968. The van der Waals surface area contributed by atoms with Gasteiger partial charge in [-0.2, -0.15) is 0 Å². The van der Waals surface area contributed by atoms with Gasteiger partial charge in [-0.15, -0.1) is 0 Å². The maximum Gasteiger partial charge on any atom is 0.337 e. The molecule has 0 bridgehead atoms. The molecular weight excluding hydrogens is 390 g/mol. The first-order chi connectivity index (χ1) is 13.9. The molecule has 0 fully saturated rings. The van der Waals surface area contributed by atoms with E-state index >= 15 is 0 Å². The van der Waals surface area contributed by atoms with Gasteiger partial charge >= 0.3 is 5.97 Å². The summed E-state index contributed by atoms with van der Waals surface area (Å²) >= 11 is 5.27. The Labute approximate surface area is 174 Å². The van der Waals surface area contributed by atoms with Crippen molar-refractivity contribution in [2.45, 2.75) is 13.0 Å². The van der Waals surface area contributed by atoms with Crippen LogP contribution >= 0.6 is 12.2 Å². The van der Waals surface area contributed by atoms with Gasteiger partial charge in [-0.05, 0) is 61.1 Å². The molecule has 1 heterocycles. The predicted molar refractivity (Wildman–Crippen MR) is 114 cm³/mol. The number of anilines is 1. The van der Waals surface area contributed by atoms with Crippen LogP contribution in [0.25, 0.3) is 0 Å². The molecule has 29 heavy (non-hydrogen) atoms. The molecule has 0 spiro atoms. The number of benzene rings is 2. The first-order valence-electron chi connectivity index (χ1n) is 8.85. The molecular formula is C21H21N3O4S. The van der Waals surface area contributed by atoms with E-state index in [-0.39, 0.29) is 5.91 Å². The second-order valence-corrected chi connectivity index (χ2v) is 6.77. The van der Waals surface area contributed by atoms with Crippen LogP contribution in [0.5, 0.6) is 5.75 Å². The van der Waals surface area contributed by atoms with Crippen molar-refractivity contribution >= 4 is 34.9 Å². The van der Waals surface area contributed by atoms with Crippen LogP contribution in [0.1, 0.15) is 28.9 Å². The molecule has 0 radical (unpaired) electrons. The van der Waals surface area contributed by atoms with E-state index in [2.05, 4.69) is 16.0 Å². The zero-order valence-electron chi connectivity index (χ0n) is 16.2. The quantitative estimate of drug-likeness (QED) is 0.515. The molecule has 0 saturated carbocycles. The minimum Gasteiger partial charge on any atom is -0.497 e. The Balaban J connectivity index is 1.88. The number of carbonyl (C=O) groups is 2. The number of nitrogens with one attached hydrogen (secondary N) is 3. The van der Waals surface area contributed by atoms with E-state index in [1.165, 1.54) is 7.11 Å². The van der Waals surface area contributed by atoms with Gasteiger partial charge in [0, 0.05) is 11.4 Å². The number of ether oxygens (including phenoxy) is 2. The lowest BCUT2D eigenvalue weighted by Gasteiger charge is -2.30. The molecule has 150 valence electrons. The highest BCUT2D eigenvalue weighted by Gasteiger charge is 2.30. The molecule has 2 aromatic rings. The lowest BCUT2D eigenvalue weighted by atomic mass is 9.94. The molecule has 0 aliphatic carbocycles. The smallest absolute Gasteiger partial charge is 0.337 e. The monoisotopic (exact) mass is 411 g/mol. The fraction of sp³-hybridized carbons (Fsp3) is 0.190. The van der Waals surface area contributed by atoms with Crippen LogP contribution in [0.4, 0.5) is 5.69 Å². The number of allylic oxidation sites excluding steroid dienone is 1. The summed E-state index contributed by atoms with van der Waals surface area (Å²) in [5.74, 6) is 0.0139. The summed E-state index contributed by atoms with van der Waals surface area (Å²) in [6.45, 7) is 1.80. The van der Waals surface area contributed by atoms with E-state index in [1.54, 1.807) is 62.6 Å². The van der Waals surface area contributed by atoms with Gasteiger partial charge in [0.15, 0.2) is 5.11 Å². The standard InChI is InChI=1S/C21H21N3O4S/c1-12-17(19(25)23-15-8-10-16(27-2)11-9-15)18(24-21(29)22-12)13-4-6-14(7-5-13)20(26)28-3/h4-11,18H,1-3H3,(H,23,25)(H2,22,24,29)/t18-/m0/s1. The average molecular weight is 411 g/mol. The molecule has 1 atom stereocenters. The zero-order chi connectivity index (χ0) is 21.0. The van der Waals surface area contributed by atoms with Crippen LogP contribution in [0.3, 0.4) is 0 Å². The van der Waals surface area contributed by atoms with Crippen LogP contribution in [0, 0.1) is 0 Å². The molecule has 8 heteroatoms. The van der Waals surface area contributed by atoms with Crippen LogP contribution in [-0.2, 0) is 9.53 Å². The summed E-state index contributed by atoms with van der Waals surface area (Å²) in [6.07, 6.45) is 0.